The minimum absolute atomic E-state index is 0.179. The van der Waals surface area contributed by atoms with Crippen LogP contribution in [0.5, 0.6) is 0 Å². The second-order valence-electron chi connectivity index (χ2n) is 5.66. The van der Waals surface area contributed by atoms with Gasteiger partial charge in [0.15, 0.2) is 0 Å². The van der Waals surface area contributed by atoms with E-state index in [-0.39, 0.29) is 21.4 Å². The third-order valence-corrected chi connectivity index (χ3v) is 4.17. The number of nitrogens with zero attached hydrogens (tertiary/aromatic N) is 1. The molecule has 1 aromatic carbocycles. The molecule has 2 aromatic rings. The molecule has 1 atom stereocenters. The van der Waals surface area contributed by atoms with Crippen molar-refractivity contribution in [3.8, 4) is 0 Å². The summed E-state index contributed by atoms with van der Waals surface area (Å²) >= 11 is 11.6. The van der Waals surface area contributed by atoms with Gasteiger partial charge in [-0.3, -0.25) is 4.79 Å². The van der Waals surface area contributed by atoms with Crippen LogP contribution in [0.25, 0.3) is 0 Å². The Kier molecular flexibility index (Phi) is 6.41. The molecule has 6 nitrogen and oxygen atoms in total. The van der Waals surface area contributed by atoms with E-state index in [9.17, 15) is 22.8 Å². The summed E-state index contributed by atoms with van der Waals surface area (Å²) in [5, 5.41) is 3.56. The summed E-state index contributed by atoms with van der Waals surface area (Å²) in [5.74, 6) is -3.37. The Hall–Kier alpha value is -2.52. The minimum atomic E-state index is -5.29. The molecule has 1 amide bonds. The predicted octanol–water partition coefficient (Wildman–Crippen LogP) is 3.97. The number of halogens is 5. The maximum Gasteiger partial charge on any atom is 0.441 e. The van der Waals surface area contributed by atoms with Crippen LogP contribution >= 0.6 is 23.2 Å². The first kappa shape index (κ1) is 21.8. The van der Waals surface area contributed by atoms with Crippen molar-refractivity contribution in [2.45, 2.75) is 18.8 Å². The molecule has 150 valence electrons. The lowest BCUT2D eigenvalue weighted by molar-refractivity contribution is -0.203. The van der Waals surface area contributed by atoms with E-state index in [1.54, 1.807) is 12.2 Å². The fourth-order valence-electron chi connectivity index (χ4n) is 2.19. The van der Waals surface area contributed by atoms with Gasteiger partial charge in [0.05, 0.1) is 17.7 Å². The number of hydrogen-bond donors (Lipinski definition) is 2. The van der Waals surface area contributed by atoms with Crippen LogP contribution in [0.4, 0.5) is 19.0 Å². The Bertz CT molecular complexity index is 891. The van der Waals surface area contributed by atoms with E-state index in [0.717, 1.165) is 13.2 Å². The fourth-order valence-corrected chi connectivity index (χ4v) is 2.68. The maximum atomic E-state index is 14.0. The monoisotopic (exact) mass is 435 g/mol. The highest BCUT2D eigenvalue weighted by molar-refractivity contribution is 6.36. The molecule has 1 heterocycles. The summed E-state index contributed by atoms with van der Waals surface area (Å²) < 4.78 is 46.2. The largest absolute Gasteiger partial charge is 0.466 e. The summed E-state index contributed by atoms with van der Waals surface area (Å²) in [6.45, 7) is 1.68. The van der Waals surface area contributed by atoms with Gasteiger partial charge in [0.1, 0.15) is 5.82 Å². The molecule has 0 fully saturated rings. The molecule has 2 N–H and O–H groups in total. The molecular formula is C17H14Cl2F3N3O3. The maximum absolute atomic E-state index is 14.0. The van der Waals surface area contributed by atoms with Crippen molar-refractivity contribution >= 4 is 40.9 Å². The highest BCUT2D eigenvalue weighted by atomic mass is 35.5. The van der Waals surface area contributed by atoms with Gasteiger partial charge in [-0.25, -0.2) is 9.78 Å². The SMILES string of the molecule is COC(=O)[C@](NC(=O)c1ccc(Cl)cc1Cl)(Nc1ccc(C)cn1)C(F)(F)F. The second kappa shape index (κ2) is 8.24. The summed E-state index contributed by atoms with van der Waals surface area (Å²) in [6.07, 6.45) is -4.00. The first-order chi connectivity index (χ1) is 13.0. The number of anilines is 1. The van der Waals surface area contributed by atoms with Gasteiger partial charge in [-0.05, 0) is 36.8 Å². The van der Waals surface area contributed by atoms with E-state index in [1.165, 1.54) is 30.5 Å². The molecule has 0 spiro atoms. The number of nitrogens with one attached hydrogen (secondary N) is 2. The highest BCUT2D eigenvalue weighted by Gasteiger charge is 2.63. The Morgan fingerprint density at radius 1 is 1.14 bits per heavy atom. The first-order valence-electron chi connectivity index (χ1n) is 7.63. The van der Waals surface area contributed by atoms with Gasteiger partial charge >= 0.3 is 17.8 Å². The summed E-state index contributed by atoms with van der Waals surface area (Å²) in [4.78, 5) is 28.4. The number of hydrogen-bond acceptors (Lipinski definition) is 5. The number of alkyl halides is 3. The summed E-state index contributed by atoms with van der Waals surface area (Å²) in [5.41, 5.74) is -3.25. The number of aromatic nitrogens is 1. The Morgan fingerprint density at radius 2 is 1.82 bits per heavy atom. The quantitative estimate of drug-likeness (QED) is 0.548. The zero-order valence-electron chi connectivity index (χ0n) is 14.5. The number of carbonyl (C=O) groups excluding carboxylic acids is 2. The van der Waals surface area contributed by atoms with Crippen LogP contribution in [0.3, 0.4) is 0 Å². The van der Waals surface area contributed by atoms with E-state index >= 15 is 0 Å². The lowest BCUT2D eigenvalue weighted by Crippen LogP contribution is -2.69. The molecule has 0 aliphatic carbocycles. The van der Waals surface area contributed by atoms with E-state index in [1.807, 2.05) is 5.32 Å². The van der Waals surface area contributed by atoms with E-state index in [2.05, 4.69) is 9.72 Å². The highest BCUT2D eigenvalue weighted by Crippen LogP contribution is 2.33. The van der Waals surface area contributed by atoms with Gasteiger partial charge in [-0.15, -0.1) is 0 Å². The normalized spacial score (nSPS) is 13.4. The van der Waals surface area contributed by atoms with Gasteiger partial charge < -0.3 is 15.4 Å². The second-order valence-corrected chi connectivity index (χ2v) is 6.51. The topological polar surface area (TPSA) is 80.3 Å². The van der Waals surface area contributed by atoms with Crippen molar-refractivity contribution < 1.29 is 27.5 Å². The number of pyridine rings is 1. The number of esters is 1. The molecule has 0 saturated carbocycles. The average Bonchev–Trinajstić information content (AvgIpc) is 2.61. The van der Waals surface area contributed by atoms with E-state index in [4.69, 9.17) is 23.2 Å². The molecule has 28 heavy (non-hydrogen) atoms. The third-order valence-electron chi connectivity index (χ3n) is 3.62. The van der Waals surface area contributed by atoms with Crippen LogP contribution in [0.2, 0.25) is 10.0 Å². The Balaban J connectivity index is 2.51. The third kappa shape index (κ3) is 4.48. The predicted molar refractivity (Wildman–Crippen MR) is 97.3 cm³/mol. The molecule has 0 radical (unpaired) electrons. The van der Waals surface area contributed by atoms with Crippen LogP contribution in [-0.4, -0.2) is 35.8 Å². The number of benzene rings is 1. The Labute approximate surface area is 168 Å². The molecule has 1 aromatic heterocycles. The van der Waals surface area contributed by atoms with Crippen molar-refractivity contribution in [1.29, 1.82) is 0 Å². The summed E-state index contributed by atoms with van der Waals surface area (Å²) in [7, 11) is 0.758. The van der Waals surface area contributed by atoms with E-state index < -0.39 is 23.7 Å². The van der Waals surface area contributed by atoms with Gasteiger partial charge in [0, 0.05) is 11.2 Å². The standard InChI is InChI=1S/C17H14Cl2F3N3O3/c1-9-3-6-13(23-8-9)24-16(15(27)28-2,17(20,21)22)25-14(26)11-5-4-10(18)7-12(11)19/h3-8H,1-2H3,(H,23,24)(H,25,26)/t16-/m1/s1. The number of amides is 1. The van der Waals surface area contributed by atoms with Crippen LogP contribution in [0, 0.1) is 6.92 Å². The lowest BCUT2D eigenvalue weighted by Gasteiger charge is -2.34. The van der Waals surface area contributed by atoms with Crippen molar-refractivity contribution in [2.75, 3.05) is 12.4 Å². The van der Waals surface area contributed by atoms with Crippen molar-refractivity contribution in [2.24, 2.45) is 0 Å². The molecule has 0 bridgehead atoms. The van der Waals surface area contributed by atoms with Crippen LogP contribution in [-0.2, 0) is 9.53 Å². The zero-order valence-corrected chi connectivity index (χ0v) is 16.0. The minimum Gasteiger partial charge on any atom is -0.466 e. The molecule has 2 rings (SSSR count). The van der Waals surface area contributed by atoms with Crippen molar-refractivity contribution in [3.05, 3.63) is 57.7 Å². The number of rotatable bonds is 5. The first-order valence-corrected chi connectivity index (χ1v) is 8.39. The molecule has 0 unspecified atom stereocenters. The van der Waals surface area contributed by atoms with Crippen LogP contribution in [0.1, 0.15) is 15.9 Å². The Morgan fingerprint density at radius 3 is 2.32 bits per heavy atom. The smallest absolute Gasteiger partial charge is 0.441 e. The van der Waals surface area contributed by atoms with Gasteiger partial charge in [0.2, 0.25) is 0 Å². The number of carbonyl (C=O) groups is 2. The molecule has 0 aliphatic rings. The van der Waals surface area contributed by atoms with Crippen LogP contribution in [0.15, 0.2) is 36.5 Å². The van der Waals surface area contributed by atoms with Crippen LogP contribution < -0.4 is 10.6 Å². The average molecular weight is 436 g/mol. The van der Waals surface area contributed by atoms with Gasteiger partial charge in [-0.2, -0.15) is 13.2 Å². The van der Waals surface area contributed by atoms with Crippen molar-refractivity contribution in [1.82, 2.24) is 10.3 Å². The molecular weight excluding hydrogens is 422 g/mol. The van der Waals surface area contributed by atoms with Gasteiger partial charge in [-0.1, -0.05) is 29.3 Å². The zero-order chi connectivity index (χ0) is 21.1. The van der Waals surface area contributed by atoms with Gasteiger partial charge in [0.25, 0.3) is 5.91 Å². The molecule has 11 heteroatoms. The lowest BCUT2D eigenvalue weighted by atomic mass is 10.1. The summed E-state index contributed by atoms with van der Waals surface area (Å²) in [6, 6.07) is 6.28. The molecule has 0 saturated heterocycles. The van der Waals surface area contributed by atoms with E-state index in [0.29, 0.717) is 5.56 Å². The number of ether oxygens (including phenoxy) is 1. The number of methoxy groups -OCH3 is 1. The molecule has 0 aliphatic heterocycles. The van der Waals surface area contributed by atoms with Crippen molar-refractivity contribution in [3.63, 3.8) is 0 Å². The number of aryl methyl sites for hydroxylation is 1. The fraction of sp³-hybridized carbons (Fsp3) is 0.235.